The molecular formula is C14H16F3NO3. The lowest BCUT2D eigenvalue weighted by Gasteiger charge is -2.14. The average Bonchev–Trinajstić information content (AvgIpc) is 2.89. The first-order valence-corrected chi connectivity index (χ1v) is 6.62. The number of alkyl halides is 3. The van der Waals surface area contributed by atoms with Crippen molar-refractivity contribution in [1.29, 1.82) is 0 Å². The van der Waals surface area contributed by atoms with E-state index >= 15 is 0 Å². The molecule has 2 rings (SSSR count). The highest BCUT2D eigenvalue weighted by Crippen LogP contribution is 2.26. The SMILES string of the molecule is O=C(C[C@@H]1CCOC1)NCc1ccccc1OC(F)(F)F. The summed E-state index contributed by atoms with van der Waals surface area (Å²) in [6.07, 6.45) is -3.59. The predicted octanol–water partition coefficient (Wildman–Crippen LogP) is 2.63. The van der Waals surface area contributed by atoms with Gasteiger partial charge in [-0.15, -0.1) is 13.2 Å². The van der Waals surface area contributed by atoms with Crippen molar-refractivity contribution in [2.75, 3.05) is 13.2 Å². The van der Waals surface area contributed by atoms with Crippen molar-refractivity contribution in [2.45, 2.75) is 25.7 Å². The second-order valence-electron chi connectivity index (χ2n) is 4.87. The third kappa shape index (κ3) is 5.26. The van der Waals surface area contributed by atoms with Gasteiger partial charge in [-0.1, -0.05) is 18.2 Å². The number of ether oxygens (including phenoxy) is 2. The minimum Gasteiger partial charge on any atom is -0.405 e. The van der Waals surface area contributed by atoms with E-state index in [2.05, 4.69) is 10.1 Å². The third-order valence-corrected chi connectivity index (χ3v) is 3.17. The van der Waals surface area contributed by atoms with Crippen LogP contribution in [0.2, 0.25) is 0 Å². The number of halogens is 3. The van der Waals surface area contributed by atoms with Crippen LogP contribution >= 0.6 is 0 Å². The number of carbonyl (C=O) groups is 1. The zero-order chi connectivity index (χ0) is 15.3. The topological polar surface area (TPSA) is 47.6 Å². The summed E-state index contributed by atoms with van der Waals surface area (Å²) in [6, 6.07) is 5.75. The number of hydrogen-bond acceptors (Lipinski definition) is 3. The van der Waals surface area contributed by atoms with E-state index in [0.717, 1.165) is 6.42 Å². The predicted molar refractivity (Wildman–Crippen MR) is 68.5 cm³/mol. The Balaban J connectivity index is 1.88. The van der Waals surface area contributed by atoms with Gasteiger partial charge in [0.25, 0.3) is 0 Å². The molecule has 0 radical (unpaired) electrons. The number of nitrogens with one attached hydrogen (secondary N) is 1. The summed E-state index contributed by atoms with van der Waals surface area (Å²) in [6.45, 7) is 1.21. The Labute approximate surface area is 120 Å². The fourth-order valence-corrected chi connectivity index (χ4v) is 2.15. The zero-order valence-corrected chi connectivity index (χ0v) is 11.3. The molecule has 0 saturated carbocycles. The van der Waals surface area contributed by atoms with Gasteiger partial charge in [-0.25, -0.2) is 0 Å². The highest BCUT2D eigenvalue weighted by Gasteiger charge is 2.32. The molecule has 0 bridgehead atoms. The Morgan fingerprint density at radius 1 is 1.38 bits per heavy atom. The number of amides is 1. The van der Waals surface area contributed by atoms with E-state index in [4.69, 9.17) is 4.74 Å². The fraction of sp³-hybridized carbons (Fsp3) is 0.500. The minimum atomic E-state index is -4.75. The van der Waals surface area contributed by atoms with Crippen LogP contribution in [0.15, 0.2) is 24.3 Å². The van der Waals surface area contributed by atoms with Crippen molar-refractivity contribution < 1.29 is 27.4 Å². The fourth-order valence-electron chi connectivity index (χ4n) is 2.15. The first-order valence-electron chi connectivity index (χ1n) is 6.62. The third-order valence-electron chi connectivity index (χ3n) is 3.17. The largest absolute Gasteiger partial charge is 0.573 e. The molecule has 116 valence electrons. The van der Waals surface area contributed by atoms with Crippen molar-refractivity contribution in [3.63, 3.8) is 0 Å². The van der Waals surface area contributed by atoms with Gasteiger partial charge in [0, 0.05) is 31.7 Å². The van der Waals surface area contributed by atoms with Crippen molar-refractivity contribution in [2.24, 2.45) is 5.92 Å². The van der Waals surface area contributed by atoms with Crippen LogP contribution in [0.5, 0.6) is 5.75 Å². The molecule has 1 saturated heterocycles. The molecule has 1 N–H and O–H groups in total. The van der Waals surface area contributed by atoms with Crippen LogP contribution in [0.4, 0.5) is 13.2 Å². The summed E-state index contributed by atoms with van der Waals surface area (Å²) in [5.74, 6) is -0.312. The maximum Gasteiger partial charge on any atom is 0.573 e. The maximum absolute atomic E-state index is 12.3. The van der Waals surface area contributed by atoms with E-state index in [-0.39, 0.29) is 29.7 Å². The van der Waals surface area contributed by atoms with Crippen LogP contribution in [0.25, 0.3) is 0 Å². The first kappa shape index (κ1) is 15.6. The molecule has 1 heterocycles. The Kier molecular flexibility index (Phi) is 5.06. The van der Waals surface area contributed by atoms with Gasteiger partial charge in [0.2, 0.25) is 5.91 Å². The van der Waals surface area contributed by atoms with Gasteiger partial charge in [0.05, 0.1) is 0 Å². The highest BCUT2D eigenvalue weighted by atomic mass is 19.4. The van der Waals surface area contributed by atoms with Crippen LogP contribution < -0.4 is 10.1 Å². The van der Waals surface area contributed by atoms with Gasteiger partial charge in [-0.3, -0.25) is 4.79 Å². The van der Waals surface area contributed by atoms with Crippen molar-refractivity contribution in [3.8, 4) is 5.75 Å². The maximum atomic E-state index is 12.3. The van der Waals surface area contributed by atoms with Gasteiger partial charge in [-0.2, -0.15) is 0 Å². The summed E-state index contributed by atoms with van der Waals surface area (Å²) in [5, 5.41) is 2.61. The van der Waals surface area contributed by atoms with Gasteiger partial charge in [-0.05, 0) is 18.4 Å². The Morgan fingerprint density at radius 3 is 2.81 bits per heavy atom. The molecule has 1 aromatic rings. The Morgan fingerprint density at radius 2 is 2.14 bits per heavy atom. The molecule has 0 spiro atoms. The lowest BCUT2D eigenvalue weighted by molar-refractivity contribution is -0.274. The van der Waals surface area contributed by atoms with Gasteiger partial charge in [0.15, 0.2) is 0 Å². The standard InChI is InChI=1S/C14H16F3NO3/c15-14(16,17)21-12-4-2-1-3-11(12)8-18-13(19)7-10-5-6-20-9-10/h1-4,10H,5-9H2,(H,18,19)/t10-/m0/s1. The van der Waals surface area contributed by atoms with Gasteiger partial charge in [0.1, 0.15) is 5.75 Å². The van der Waals surface area contributed by atoms with Crippen molar-refractivity contribution in [3.05, 3.63) is 29.8 Å². The molecule has 1 amide bonds. The first-order chi connectivity index (χ1) is 9.94. The van der Waals surface area contributed by atoms with E-state index in [1.165, 1.54) is 18.2 Å². The Hall–Kier alpha value is -1.76. The second kappa shape index (κ2) is 6.80. The van der Waals surface area contributed by atoms with Crippen LogP contribution in [0, 0.1) is 5.92 Å². The van der Waals surface area contributed by atoms with Gasteiger partial charge < -0.3 is 14.8 Å². The number of para-hydroxylation sites is 1. The summed E-state index contributed by atoms with van der Waals surface area (Å²) in [7, 11) is 0. The number of carbonyl (C=O) groups excluding carboxylic acids is 1. The number of rotatable bonds is 5. The van der Waals surface area contributed by atoms with E-state index < -0.39 is 6.36 Å². The average molecular weight is 303 g/mol. The quantitative estimate of drug-likeness (QED) is 0.909. The van der Waals surface area contributed by atoms with Crippen LogP contribution in [0.3, 0.4) is 0 Å². The van der Waals surface area contributed by atoms with Crippen LogP contribution in [0.1, 0.15) is 18.4 Å². The summed E-state index contributed by atoms with van der Waals surface area (Å²) < 4.78 is 45.9. The van der Waals surface area contributed by atoms with Gasteiger partial charge >= 0.3 is 6.36 Å². The molecule has 1 aliphatic heterocycles. The molecule has 0 aliphatic carbocycles. The molecule has 0 aromatic heterocycles. The molecule has 7 heteroatoms. The molecule has 1 atom stereocenters. The lowest BCUT2D eigenvalue weighted by Crippen LogP contribution is -2.26. The highest BCUT2D eigenvalue weighted by molar-refractivity contribution is 5.76. The smallest absolute Gasteiger partial charge is 0.405 e. The molecule has 1 fully saturated rings. The van der Waals surface area contributed by atoms with Crippen molar-refractivity contribution >= 4 is 5.91 Å². The van der Waals surface area contributed by atoms with E-state index in [9.17, 15) is 18.0 Å². The molecule has 21 heavy (non-hydrogen) atoms. The number of hydrogen-bond donors (Lipinski definition) is 1. The minimum absolute atomic E-state index is 0.00133. The normalized spacial score (nSPS) is 18.5. The molecule has 1 aliphatic rings. The summed E-state index contributed by atoms with van der Waals surface area (Å²) >= 11 is 0. The van der Waals surface area contributed by atoms with E-state index in [1.807, 2.05) is 0 Å². The van der Waals surface area contributed by atoms with E-state index in [1.54, 1.807) is 6.07 Å². The zero-order valence-electron chi connectivity index (χ0n) is 11.3. The lowest BCUT2D eigenvalue weighted by atomic mass is 10.0. The number of benzene rings is 1. The van der Waals surface area contributed by atoms with Crippen LogP contribution in [-0.4, -0.2) is 25.5 Å². The molecular weight excluding hydrogens is 287 g/mol. The molecule has 4 nitrogen and oxygen atoms in total. The van der Waals surface area contributed by atoms with E-state index in [0.29, 0.717) is 19.6 Å². The van der Waals surface area contributed by atoms with Crippen molar-refractivity contribution in [1.82, 2.24) is 5.32 Å². The van der Waals surface area contributed by atoms with Crippen LogP contribution in [-0.2, 0) is 16.1 Å². The summed E-state index contributed by atoms with van der Waals surface area (Å²) in [5.41, 5.74) is 0.283. The summed E-state index contributed by atoms with van der Waals surface area (Å²) in [4.78, 5) is 11.7. The Bertz CT molecular complexity index is 485. The molecule has 0 unspecified atom stereocenters. The molecule has 1 aromatic carbocycles. The second-order valence-corrected chi connectivity index (χ2v) is 4.87. The monoisotopic (exact) mass is 303 g/mol.